The van der Waals surface area contributed by atoms with Crippen LogP contribution in [0, 0.1) is 0 Å². The van der Waals surface area contributed by atoms with Crippen molar-refractivity contribution >= 4 is 38.9 Å². The van der Waals surface area contributed by atoms with E-state index in [4.69, 9.17) is 33.7 Å². The molecule has 0 amide bonds. The van der Waals surface area contributed by atoms with Crippen molar-refractivity contribution in [2.75, 3.05) is 18.8 Å². The normalized spacial score (nSPS) is 24.8. The third-order valence-corrected chi connectivity index (χ3v) is 5.76. The summed E-state index contributed by atoms with van der Waals surface area (Å²) in [5, 5.41) is 0.0589. The van der Waals surface area contributed by atoms with Gasteiger partial charge in [-0.25, -0.2) is 8.42 Å². The van der Waals surface area contributed by atoms with Gasteiger partial charge in [-0.3, -0.25) is 0 Å². The number of nitrogens with two attached hydrogens (primary N) is 1. The van der Waals surface area contributed by atoms with Crippen molar-refractivity contribution in [1.29, 1.82) is 0 Å². The standard InChI is InChI=1S/C12H16Cl2N2O3S/c1-7-5-16(6-8(2)19-7)20(17,18)12-10(13)3-9(15)4-11(12)14/h3-4,7-8H,5-6,15H2,1-2H3. The van der Waals surface area contributed by atoms with Crippen molar-refractivity contribution in [3.05, 3.63) is 22.2 Å². The number of ether oxygens (including phenoxy) is 1. The zero-order valence-corrected chi connectivity index (χ0v) is 13.5. The van der Waals surface area contributed by atoms with Crippen LogP contribution < -0.4 is 5.73 Å². The van der Waals surface area contributed by atoms with Gasteiger partial charge >= 0.3 is 0 Å². The molecule has 1 saturated heterocycles. The van der Waals surface area contributed by atoms with E-state index < -0.39 is 10.0 Å². The zero-order valence-electron chi connectivity index (χ0n) is 11.1. The number of anilines is 1. The molecule has 1 aliphatic heterocycles. The summed E-state index contributed by atoms with van der Waals surface area (Å²) in [7, 11) is -3.77. The van der Waals surface area contributed by atoms with Crippen molar-refractivity contribution < 1.29 is 13.2 Å². The van der Waals surface area contributed by atoms with Crippen molar-refractivity contribution in [2.24, 2.45) is 0 Å². The van der Waals surface area contributed by atoms with Crippen molar-refractivity contribution in [2.45, 2.75) is 31.0 Å². The molecule has 8 heteroatoms. The highest BCUT2D eigenvalue weighted by atomic mass is 35.5. The highest BCUT2D eigenvalue weighted by Crippen LogP contribution is 2.34. The summed E-state index contributed by atoms with van der Waals surface area (Å²) in [6.07, 6.45) is -0.361. The number of rotatable bonds is 2. The van der Waals surface area contributed by atoms with Crippen LogP contribution >= 0.6 is 23.2 Å². The van der Waals surface area contributed by atoms with Crippen LogP contribution in [0.3, 0.4) is 0 Å². The Morgan fingerprint density at radius 3 is 2.10 bits per heavy atom. The van der Waals surface area contributed by atoms with Crippen LogP contribution in [0.25, 0.3) is 0 Å². The fourth-order valence-electron chi connectivity index (χ4n) is 2.28. The first-order valence-electron chi connectivity index (χ1n) is 6.12. The van der Waals surface area contributed by atoms with Gasteiger partial charge in [0.05, 0.1) is 22.3 Å². The van der Waals surface area contributed by atoms with Gasteiger partial charge in [0.15, 0.2) is 0 Å². The first-order valence-corrected chi connectivity index (χ1v) is 8.31. The Kier molecular flexibility index (Phi) is 4.51. The summed E-state index contributed by atoms with van der Waals surface area (Å²) in [6.45, 7) is 4.18. The third-order valence-electron chi connectivity index (χ3n) is 3.00. The Bertz CT molecular complexity index is 588. The van der Waals surface area contributed by atoms with Crippen LogP contribution in [0.4, 0.5) is 5.69 Å². The molecule has 1 aromatic carbocycles. The molecule has 2 rings (SSSR count). The van der Waals surface area contributed by atoms with E-state index in [9.17, 15) is 8.42 Å². The topological polar surface area (TPSA) is 72.6 Å². The molecule has 0 spiro atoms. The van der Waals surface area contributed by atoms with E-state index in [1.54, 1.807) is 0 Å². The van der Waals surface area contributed by atoms with E-state index in [1.165, 1.54) is 16.4 Å². The average molecular weight is 339 g/mol. The minimum atomic E-state index is -3.77. The van der Waals surface area contributed by atoms with Gasteiger partial charge in [0.1, 0.15) is 4.90 Å². The molecule has 20 heavy (non-hydrogen) atoms. The number of nitrogens with zero attached hydrogens (tertiary/aromatic N) is 1. The van der Waals surface area contributed by atoms with E-state index in [1.807, 2.05) is 13.8 Å². The number of hydrogen-bond donors (Lipinski definition) is 1. The Balaban J connectivity index is 2.45. The molecule has 2 unspecified atom stereocenters. The minimum Gasteiger partial charge on any atom is -0.399 e. The van der Waals surface area contributed by atoms with Crippen molar-refractivity contribution in [3.63, 3.8) is 0 Å². The largest absolute Gasteiger partial charge is 0.399 e. The van der Waals surface area contributed by atoms with Gasteiger partial charge < -0.3 is 10.5 Å². The molecule has 1 aliphatic rings. The molecule has 1 fully saturated rings. The average Bonchev–Trinajstić information content (AvgIpc) is 2.25. The van der Waals surface area contributed by atoms with E-state index >= 15 is 0 Å². The maximum atomic E-state index is 12.7. The highest BCUT2D eigenvalue weighted by Gasteiger charge is 2.34. The number of halogens is 2. The molecular weight excluding hydrogens is 323 g/mol. The lowest BCUT2D eigenvalue weighted by Gasteiger charge is -2.34. The van der Waals surface area contributed by atoms with Crippen LogP contribution in [0.1, 0.15) is 13.8 Å². The lowest BCUT2D eigenvalue weighted by atomic mass is 10.3. The molecule has 0 aromatic heterocycles. The summed E-state index contributed by atoms with van der Waals surface area (Å²) >= 11 is 12.0. The van der Waals surface area contributed by atoms with Gasteiger partial charge in [-0.05, 0) is 26.0 Å². The summed E-state index contributed by atoms with van der Waals surface area (Å²) in [6, 6.07) is 2.77. The fourth-order valence-corrected chi connectivity index (χ4v) is 5.05. The molecule has 0 bridgehead atoms. The van der Waals surface area contributed by atoms with Crippen molar-refractivity contribution in [1.82, 2.24) is 4.31 Å². The van der Waals surface area contributed by atoms with Crippen LogP contribution in [0.5, 0.6) is 0 Å². The maximum Gasteiger partial charge on any atom is 0.246 e. The van der Waals surface area contributed by atoms with Crippen LogP contribution in [-0.4, -0.2) is 38.0 Å². The first kappa shape index (κ1) is 15.9. The summed E-state index contributed by atoms with van der Waals surface area (Å²) < 4.78 is 32.3. The SMILES string of the molecule is CC1CN(S(=O)(=O)c2c(Cl)cc(N)cc2Cl)CC(C)O1. The van der Waals surface area contributed by atoms with Crippen LogP contribution in [-0.2, 0) is 14.8 Å². The second-order valence-electron chi connectivity index (χ2n) is 4.89. The van der Waals surface area contributed by atoms with Gasteiger partial charge in [-0.1, -0.05) is 23.2 Å². The number of morpholine rings is 1. The number of nitrogen functional groups attached to an aromatic ring is 1. The smallest absolute Gasteiger partial charge is 0.246 e. The predicted molar refractivity (Wildman–Crippen MR) is 79.6 cm³/mol. The van der Waals surface area contributed by atoms with E-state index in [0.29, 0.717) is 5.69 Å². The second-order valence-corrected chi connectivity index (χ2v) is 7.58. The molecule has 1 heterocycles. The van der Waals surface area contributed by atoms with Crippen LogP contribution in [0.15, 0.2) is 17.0 Å². The quantitative estimate of drug-likeness (QED) is 0.840. The molecule has 1 aromatic rings. The maximum absolute atomic E-state index is 12.7. The number of benzene rings is 1. The molecule has 112 valence electrons. The van der Waals surface area contributed by atoms with Gasteiger partial charge in [-0.2, -0.15) is 4.31 Å². The number of hydrogen-bond acceptors (Lipinski definition) is 4. The first-order chi connectivity index (χ1) is 9.21. The Hall–Kier alpha value is -0.530. The third kappa shape index (κ3) is 3.04. The second kappa shape index (κ2) is 5.69. The molecular formula is C12H16Cl2N2O3S. The summed E-state index contributed by atoms with van der Waals surface area (Å²) in [4.78, 5) is -0.101. The zero-order chi connectivity index (χ0) is 15.1. The van der Waals surface area contributed by atoms with E-state index in [-0.39, 0.29) is 40.2 Å². The monoisotopic (exact) mass is 338 g/mol. The predicted octanol–water partition coefficient (Wildman–Crippen LogP) is 2.37. The molecule has 2 atom stereocenters. The van der Waals surface area contributed by atoms with Gasteiger partial charge in [-0.15, -0.1) is 0 Å². The van der Waals surface area contributed by atoms with Crippen LogP contribution in [0.2, 0.25) is 10.0 Å². The molecule has 0 saturated carbocycles. The van der Waals surface area contributed by atoms with Crippen molar-refractivity contribution in [3.8, 4) is 0 Å². The van der Waals surface area contributed by atoms with Gasteiger partial charge in [0.2, 0.25) is 10.0 Å². The molecule has 2 N–H and O–H groups in total. The Morgan fingerprint density at radius 2 is 1.65 bits per heavy atom. The molecule has 5 nitrogen and oxygen atoms in total. The summed E-state index contributed by atoms with van der Waals surface area (Å²) in [5.74, 6) is 0. The molecule has 0 aliphatic carbocycles. The minimum absolute atomic E-state index is 0.0294. The lowest BCUT2D eigenvalue weighted by Crippen LogP contribution is -2.48. The lowest BCUT2D eigenvalue weighted by molar-refractivity contribution is -0.0440. The highest BCUT2D eigenvalue weighted by molar-refractivity contribution is 7.89. The Labute approximate surface area is 128 Å². The van der Waals surface area contributed by atoms with Gasteiger partial charge in [0.25, 0.3) is 0 Å². The van der Waals surface area contributed by atoms with Gasteiger partial charge in [0, 0.05) is 18.8 Å². The number of sulfonamides is 1. The van der Waals surface area contributed by atoms with E-state index in [0.717, 1.165) is 0 Å². The summed E-state index contributed by atoms with van der Waals surface area (Å²) in [5.41, 5.74) is 5.92. The fraction of sp³-hybridized carbons (Fsp3) is 0.500. The Morgan fingerprint density at radius 1 is 1.20 bits per heavy atom. The van der Waals surface area contributed by atoms with E-state index in [2.05, 4.69) is 0 Å². The molecule has 0 radical (unpaired) electrons.